The highest BCUT2D eigenvalue weighted by atomic mass is 32.2. The predicted molar refractivity (Wildman–Crippen MR) is 126 cm³/mol. The van der Waals surface area contributed by atoms with E-state index in [4.69, 9.17) is 4.74 Å². The Kier molecular flexibility index (Phi) is 7.89. The van der Waals surface area contributed by atoms with Crippen LogP contribution in [0.1, 0.15) is 23.1 Å². The maximum atomic E-state index is 12.6. The van der Waals surface area contributed by atoms with Gasteiger partial charge in [0.2, 0.25) is 5.91 Å². The lowest BCUT2D eigenvalue weighted by Crippen LogP contribution is -2.25. The maximum absolute atomic E-state index is 12.6. The molecule has 3 aromatic rings. The van der Waals surface area contributed by atoms with Crippen LogP contribution in [0.5, 0.6) is 5.75 Å². The maximum Gasteiger partial charge on any atom is 0.261 e. The van der Waals surface area contributed by atoms with Crippen molar-refractivity contribution in [1.29, 1.82) is 0 Å². The Morgan fingerprint density at radius 1 is 0.844 bits per heavy atom. The second kappa shape index (κ2) is 10.8. The van der Waals surface area contributed by atoms with E-state index in [1.54, 1.807) is 43.5 Å². The number of benzene rings is 3. The van der Waals surface area contributed by atoms with Gasteiger partial charge in [0, 0.05) is 18.7 Å². The number of sulfonamides is 1. The first-order valence-corrected chi connectivity index (χ1v) is 11.9. The topological polar surface area (TPSA) is 84.5 Å². The lowest BCUT2D eigenvalue weighted by atomic mass is 10.1. The number of aryl methyl sites for hydroxylation is 2. The highest BCUT2D eigenvalue weighted by molar-refractivity contribution is 7.92. The van der Waals surface area contributed by atoms with Gasteiger partial charge in [-0.3, -0.25) is 9.52 Å². The van der Waals surface area contributed by atoms with Crippen molar-refractivity contribution >= 4 is 21.6 Å². The van der Waals surface area contributed by atoms with Gasteiger partial charge in [0.15, 0.2) is 0 Å². The number of rotatable bonds is 10. The van der Waals surface area contributed by atoms with Crippen molar-refractivity contribution in [3.05, 3.63) is 89.5 Å². The van der Waals surface area contributed by atoms with E-state index in [0.717, 1.165) is 28.9 Å². The Bertz CT molecular complexity index is 1120. The van der Waals surface area contributed by atoms with E-state index in [2.05, 4.69) is 10.0 Å². The number of amides is 1. The summed E-state index contributed by atoms with van der Waals surface area (Å²) in [6.07, 6.45) is 1.63. The zero-order valence-corrected chi connectivity index (χ0v) is 19.1. The first-order chi connectivity index (χ1) is 15.4. The Morgan fingerprint density at radius 3 is 2.06 bits per heavy atom. The van der Waals surface area contributed by atoms with Crippen LogP contribution in [0.3, 0.4) is 0 Å². The fourth-order valence-corrected chi connectivity index (χ4v) is 4.21. The second-order valence-electron chi connectivity index (χ2n) is 7.56. The average molecular weight is 453 g/mol. The first-order valence-electron chi connectivity index (χ1n) is 10.4. The molecule has 0 atom stereocenters. The second-order valence-corrected chi connectivity index (χ2v) is 9.25. The summed E-state index contributed by atoms with van der Waals surface area (Å²) in [5, 5.41) is 2.92. The van der Waals surface area contributed by atoms with E-state index >= 15 is 0 Å². The van der Waals surface area contributed by atoms with Crippen LogP contribution in [0.4, 0.5) is 5.69 Å². The molecule has 0 saturated heterocycles. The quantitative estimate of drug-likeness (QED) is 0.485. The zero-order chi connectivity index (χ0) is 23.0. The Morgan fingerprint density at radius 2 is 1.44 bits per heavy atom. The van der Waals surface area contributed by atoms with Crippen LogP contribution >= 0.6 is 0 Å². The number of carbonyl (C=O) groups is 1. The Labute approximate surface area is 189 Å². The summed E-state index contributed by atoms with van der Waals surface area (Å²) in [6.45, 7) is 2.51. The smallest absolute Gasteiger partial charge is 0.261 e. The lowest BCUT2D eigenvalue weighted by molar-refractivity contribution is -0.121. The van der Waals surface area contributed by atoms with E-state index in [9.17, 15) is 13.2 Å². The van der Waals surface area contributed by atoms with E-state index < -0.39 is 10.0 Å². The molecule has 0 fully saturated rings. The Balaban J connectivity index is 1.45. The summed E-state index contributed by atoms with van der Waals surface area (Å²) in [6, 6.07) is 21.5. The molecule has 0 unspecified atom stereocenters. The van der Waals surface area contributed by atoms with Crippen molar-refractivity contribution in [3.63, 3.8) is 0 Å². The molecule has 0 aromatic heterocycles. The highest BCUT2D eigenvalue weighted by Crippen LogP contribution is 2.18. The average Bonchev–Trinajstić information content (AvgIpc) is 2.80. The van der Waals surface area contributed by atoms with Gasteiger partial charge < -0.3 is 10.1 Å². The van der Waals surface area contributed by atoms with Gasteiger partial charge in [-0.2, -0.15) is 0 Å². The molecule has 0 spiro atoms. The third-order valence-corrected chi connectivity index (χ3v) is 6.47. The first kappa shape index (κ1) is 23.3. The van der Waals surface area contributed by atoms with Crippen molar-refractivity contribution in [2.24, 2.45) is 0 Å². The molecule has 0 saturated carbocycles. The summed E-state index contributed by atoms with van der Waals surface area (Å²) >= 11 is 0. The molecule has 32 heavy (non-hydrogen) atoms. The minimum Gasteiger partial charge on any atom is -0.497 e. The van der Waals surface area contributed by atoms with Crippen molar-refractivity contribution in [2.75, 3.05) is 18.4 Å². The van der Waals surface area contributed by atoms with Gasteiger partial charge in [-0.15, -0.1) is 0 Å². The molecular weight excluding hydrogens is 424 g/mol. The van der Waals surface area contributed by atoms with Crippen molar-refractivity contribution in [1.82, 2.24) is 5.32 Å². The van der Waals surface area contributed by atoms with Crippen LogP contribution in [0.25, 0.3) is 0 Å². The van der Waals surface area contributed by atoms with E-state index in [1.807, 2.05) is 43.3 Å². The summed E-state index contributed by atoms with van der Waals surface area (Å²) in [4.78, 5) is 12.3. The van der Waals surface area contributed by atoms with E-state index in [1.165, 1.54) is 0 Å². The third-order valence-electron chi connectivity index (χ3n) is 5.07. The van der Waals surface area contributed by atoms with Gasteiger partial charge >= 0.3 is 0 Å². The lowest BCUT2D eigenvalue weighted by Gasteiger charge is -2.09. The number of methoxy groups -OCH3 is 1. The summed E-state index contributed by atoms with van der Waals surface area (Å²) in [7, 11) is -2.03. The van der Waals surface area contributed by atoms with E-state index in [0.29, 0.717) is 25.1 Å². The molecule has 168 valence electrons. The van der Waals surface area contributed by atoms with Crippen LogP contribution in [0, 0.1) is 6.92 Å². The van der Waals surface area contributed by atoms with Gasteiger partial charge in [0.25, 0.3) is 10.0 Å². The largest absolute Gasteiger partial charge is 0.497 e. The van der Waals surface area contributed by atoms with Gasteiger partial charge in [0.05, 0.1) is 12.0 Å². The zero-order valence-electron chi connectivity index (χ0n) is 18.3. The number of carbonyl (C=O) groups excluding carboxylic acids is 1. The predicted octanol–water partition coefficient (Wildman–Crippen LogP) is 4.10. The van der Waals surface area contributed by atoms with Crippen LogP contribution in [-0.2, 0) is 27.7 Å². The number of hydrogen-bond donors (Lipinski definition) is 2. The molecule has 0 heterocycles. The summed E-state index contributed by atoms with van der Waals surface area (Å²) < 4.78 is 32.8. The monoisotopic (exact) mass is 452 g/mol. The van der Waals surface area contributed by atoms with Crippen molar-refractivity contribution in [3.8, 4) is 5.75 Å². The van der Waals surface area contributed by atoms with Gasteiger partial charge in [-0.25, -0.2) is 8.42 Å². The number of anilines is 1. The van der Waals surface area contributed by atoms with Crippen LogP contribution < -0.4 is 14.8 Å². The van der Waals surface area contributed by atoms with Gasteiger partial charge in [0.1, 0.15) is 5.75 Å². The molecular formula is C25H28N2O4S. The van der Waals surface area contributed by atoms with Crippen LogP contribution in [-0.4, -0.2) is 28.0 Å². The fraction of sp³-hybridized carbons (Fsp3) is 0.240. The molecule has 2 N–H and O–H groups in total. The molecule has 0 aliphatic rings. The fourth-order valence-electron chi connectivity index (χ4n) is 3.16. The number of hydrogen-bond acceptors (Lipinski definition) is 4. The molecule has 0 radical (unpaired) electrons. The third kappa shape index (κ3) is 6.85. The van der Waals surface area contributed by atoms with E-state index in [-0.39, 0.29) is 10.8 Å². The summed E-state index contributed by atoms with van der Waals surface area (Å²) in [5.74, 6) is 0.777. The SMILES string of the molecule is COc1ccc(CCNC(=O)CCc2ccc(S(=O)(=O)Nc3ccc(C)cc3)cc2)cc1. The Hall–Kier alpha value is -3.32. The molecule has 3 aromatic carbocycles. The number of nitrogens with one attached hydrogen (secondary N) is 2. The van der Waals surface area contributed by atoms with Crippen LogP contribution in [0.15, 0.2) is 77.7 Å². The highest BCUT2D eigenvalue weighted by Gasteiger charge is 2.14. The minimum absolute atomic E-state index is 0.0313. The molecule has 0 aliphatic heterocycles. The van der Waals surface area contributed by atoms with Gasteiger partial charge in [-0.1, -0.05) is 42.0 Å². The standard InChI is InChI=1S/C25H28N2O4S/c1-19-3-10-22(11-4-19)27-32(29,30)24-14-7-20(8-15-24)9-16-25(28)26-18-17-21-5-12-23(31-2)13-6-21/h3-8,10-15,27H,9,16-18H2,1-2H3,(H,26,28). The van der Waals surface area contributed by atoms with Crippen molar-refractivity contribution < 1.29 is 17.9 Å². The number of ether oxygens (including phenoxy) is 1. The van der Waals surface area contributed by atoms with Crippen LogP contribution in [0.2, 0.25) is 0 Å². The normalized spacial score (nSPS) is 11.1. The van der Waals surface area contributed by atoms with Gasteiger partial charge in [-0.05, 0) is 67.3 Å². The minimum atomic E-state index is -3.65. The summed E-state index contributed by atoms with van der Waals surface area (Å²) in [5.41, 5.74) is 3.61. The molecule has 3 rings (SSSR count). The molecule has 0 bridgehead atoms. The molecule has 7 heteroatoms. The molecule has 0 aliphatic carbocycles. The molecule has 1 amide bonds. The van der Waals surface area contributed by atoms with Crippen molar-refractivity contribution in [2.45, 2.75) is 31.1 Å². The molecule has 6 nitrogen and oxygen atoms in total.